The standard InChI is InChI=1S/C26H30N6O4/c1-5-12-31(13-14-33)21-9-7-20(8-10-21)27-30-24-16-19(3)23(17-26(24)36-4)29-28-22-11-6-18(2)15-25(22)32(34)35/h6-11,15-17,33H,5,12-14H2,1-4H3. The van der Waals surface area contributed by atoms with E-state index < -0.39 is 4.92 Å². The maximum atomic E-state index is 11.3. The van der Waals surface area contributed by atoms with Crippen LogP contribution in [-0.4, -0.2) is 36.8 Å². The molecule has 0 saturated heterocycles. The lowest BCUT2D eigenvalue weighted by Crippen LogP contribution is -2.27. The van der Waals surface area contributed by atoms with Gasteiger partial charge >= 0.3 is 0 Å². The van der Waals surface area contributed by atoms with Gasteiger partial charge in [-0.2, -0.15) is 5.11 Å². The van der Waals surface area contributed by atoms with Gasteiger partial charge in [-0.15, -0.1) is 15.3 Å². The fourth-order valence-electron chi connectivity index (χ4n) is 3.59. The first kappa shape index (κ1) is 26.4. The Balaban J connectivity index is 1.83. The number of rotatable bonds is 11. The summed E-state index contributed by atoms with van der Waals surface area (Å²) in [6.07, 6.45) is 0.984. The van der Waals surface area contributed by atoms with Crippen LogP contribution in [-0.2, 0) is 0 Å². The van der Waals surface area contributed by atoms with E-state index in [0.29, 0.717) is 29.4 Å². The highest BCUT2D eigenvalue weighted by Crippen LogP contribution is 2.37. The number of hydrogen-bond donors (Lipinski definition) is 1. The van der Waals surface area contributed by atoms with E-state index in [2.05, 4.69) is 32.3 Å². The van der Waals surface area contributed by atoms with Crippen LogP contribution >= 0.6 is 0 Å². The summed E-state index contributed by atoms with van der Waals surface area (Å²) in [6.45, 7) is 7.25. The summed E-state index contributed by atoms with van der Waals surface area (Å²) < 4.78 is 5.47. The predicted molar refractivity (Wildman–Crippen MR) is 140 cm³/mol. The van der Waals surface area contributed by atoms with Crippen LogP contribution < -0.4 is 9.64 Å². The number of aryl methyl sites for hydroxylation is 2. The van der Waals surface area contributed by atoms with E-state index in [0.717, 1.165) is 29.8 Å². The summed E-state index contributed by atoms with van der Waals surface area (Å²) in [5.41, 5.74) is 4.32. The Morgan fingerprint density at radius 3 is 2.25 bits per heavy atom. The number of nitrogens with zero attached hydrogens (tertiary/aromatic N) is 6. The maximum Gasteiger partial charge on any atom is 0.296 e. The van der Waals surface area contributed by atoms with Crippen molar-refractivity contribution >= 4 is 34.1 Å². The number of hydrogen-bond acceptors (Lipinski definition) is 9. The van der Waals surface area contributed by atoms with E-state index in [9.17, 15) is 15.2 Å². The lowest BCUT2D eigenvalue weighted by molar-refractivity contribution is -0.384. The zero-order valence-corrected chi connectivity index (χ0v) is 20.9. The number of aliphatic hydroxyl groups excluding tert-OH is 1. The van der Waals surface area contributed by atoms with Gasteiger partial charge in [0.05, 0.1) is 30.0 Å². The van der Waals surface area contributed by atoms with Crippen molar-refractivity contribution in [1.29, 1.82) is 0 Å². The Kier molecular flexibility index (Phi) is 9.18. The third-order valence-corrected chi connectivity index (χ3v) is 5.44. The van der Waals surface area contributed by atoms with Gasteiger partial charge in [-0.3, -0.25) is 10.1 Å². The summed E-state index contributed by atoms with van der Waals surface area (Å²) >= 11 is 0. The molecule has 0 aliphatic carbocycles. The number of anilines is 1. The molecule has 3 aromatic rings. The molecule has 0 atom stereocenters. The van der Waals surface area contributed by atoms with Crippen molar-refractivity contribution in [1.82, 2.24) is 0 Å². The molecule has 10 heteroatoms. The molecule has 0 saturated carbocycles. The van der Waals surface area contributed by atoms with Gasteiger partial charge in [-0.25, -0.2) is 0 Å². The first-order valence-corrected chi connectivity index (χ1v) is 11.6. The summed E-state index contributed by atoms with van der Waals surface area (Å²) in [7, 11) is 1.52. The third-order valence-electron chi connectivity index (χ3n) is 5.44. The number of nitro benzene ring substituents is 1. The van der Waals surface area contributed by atoms with E-state index >= 15 is 0 Å². The molecule has 0 bridgehead atoms. The molecule has 0 unspecified atom stereocenters. The fourth-order valence-corrected chi connectivity index (χ4v) is 3.59. The second-order valence-electron chi connectivity index (χ2n) is 8.19. The normalized spacial score (nSPS) is 11.4. The average Bonchev–Trinajstić information content (AvgIpc) is 2.87. The van der Waals surface area contributed by atoms with Crippen LogP contribution in [0.3, 0.4) is 0 Å². The zero-order chi connectivity index (χ0) is 26.1. The Morgan fingerprint density at radius 1 is 0.917 bits per heavy atom. The van der Waals surface area contributed by atoms with E-state index in [4.69, 9.17) is 4.74 Å². The molecular weight excluding hydrogens is 460 g/mol. The van der Waals surface area contributed by atoms with E-state index in [1.54, 1.807) is 31.2 Å². The van der Waals surface area contributed by atoms with Crippen LogP contribution in [0.25, 0.3) is 0 Å². The van der Waals surface area contributed by atoms with Crippen LogP contribution in [0.1, 0.15) is 24.5 Å². The van der Waals surface area contributed by atoms with E-state index in [1.807, 2.05) is 31.2 Å². The Morgan fingerprint density at radius 2 is 1.61 bits per heavy atom. The van der Waals surface area contributed by atoms with Crippen molar-refractivity contribution in [3.05, 3.63) is 75.8 Å². The van der Waals surface area contributed by atoms with Gasteiger partial charge in [0, 0.05) is 30.9 Å². The van der Waals surface area contributed by atoms with Crippen molar-refractivity contribution in [2.75, 3.05) is 31.7 Å². The van der Waals surface area contributed by atoms with Crippen LogP contribution in [0.15, 0.2) is 75.1 Å². The molecule has 0 aliphatic heterocycles. The van der Waals surface area contributed by atoms with E-state index in [-0.39, 0.29) is 18.0 Å². The average molecular weight is 491 g/mol. The number of methoxy groups -OCH3 is 1. The third kappa shape index (κ3) is 6.70. The molecule has 188 valence electrons. The molecule has 3 aromatic carbocycles. The lowest BCUT2D eigenvalue weighted by atomic mass is 10.1. The van der Waals surface area contributed by atoms with Crippen molar-refractivity contribution in [2.24, 2.45) is 20.5 Å². The first-order valence-electron chi connectivity index (χ1n) is 11.6. The number of aliphatic hydroxyl groups is 1. The number of nitro groups is 1. The Labute approximate surface area is 210 Å². The summed E-state index contributed by atoms with van der Waals surface area (Å²) in [5, 5.41) is 37.6. The minimum absolute atomic E-state index is 0.0953. The first-order chi connectivity index (χ1) is 17.4. The van der Waals surface area contributed by atoms with Gasteiger partial charge < -0.3 is 14.7 Å². The SMILES string of the molecule is CCCN(CCO)c1ccc(N=Nc2cc(C)c(N=Nc3ccc(C)cc3[N+](=O)[O-])cc2OC)cc1. The molecule has 0 amide bonds. The second kappa shape index (κ2) is 12.5. The van der Waals surface area contributed by atoms with Crippen LogP contribution in [0.2, 0.25) is 0 Å². The smallest absolute Gasteiger partial charge is 0.296 e. The van der Waals surface area contributed by atoms with Crippen molar-refractivity contribution in [2.45, 2.75) is 27.2 Å². The van der Waals surface area contributed by atoms with Crippen molar-refractivity contribution < 1.29 is 14.8 Å². The highest BCUT2D eigenvalue weighted by molar-refractivity contribution is 5.64. The number of ether oxygens (including phenoxy) is 1. The summed E-state index contributed by atoms with van der Waals surface area (Å²) in [6, 6.07) is 15.9. The fraction of sp³-hybridized carbons (Fsp3) is 0.308. The number of azo groups is 2. The number of benzene rings is 3. The summed E-state index contributed by atoms with van der Waals surface area (Å²) in [4.78, 5) is 13.0. The quantitative estimate of drug-likeness (QED) is 0.172. The van der Waals surface area contributed by atoms with Gasteiger partial charge in [0.25, 0.3) is 5.69 Å². The Hall–Kier alpha value is -4.18. The Bertz CT molecular complexity index is 1250. The van der Waals surface area contributed by atoms with Gasteiger partial charge in [0.15, 0.2) is 5.69 Å². The van der Waals surface area contributed by atoms with Crippen LogP contribution in [0.4, 0.5) is 34.1 Å². The zero-order valence-electron chi connectivity index (χ0n) is 20.9. The van der Waals surface area contributed by atoms with Crippen LogP contribution in [0, 0.1) is 24.0 Å². The molecule has 36 heavy (non-hydrogen) atoms. The second-order valence-corrected chi connectivity index (χ2v) is 8.19. The molecule has 10 nitrogen and oxygen atoms in total. The van der Waals surface area contributed by atoms with Crippen molar-refractivity contribution in [3.8, 4) is 5.75 Å². The molecular formula is C26H30N6O4. The molecule has 3 rings (SSSR count). The highest BCUT2D eigenvalue weighted by atomic mass is 16.6. The minimum Gasteiger partial charge on any atom is -0.494 e. The summed E-state index contributed by atoms with van der Waals surface area (Å²) in [5.74, 6) is 0.449. The molecule has 0 aromatic heterocycles. The largest absolute Gasteiger partial charge is 0.494 e. The molecule has 1 N–H and O–H groups in total. The molecule has 0 spiro atoms. The van der Waals surface area contributed by atoms with Crippen LogP contribution in [0.5, 0.6) is 5.75 Å². The van der Waals surface area contributed by atoms with Gasteiger partial charge in [0.2, 0.25) is 0 Å². The van der Waals surface area contributed by atoms with Gasteiger partial charge in [0.1, 0.15) is 11.4 Å². The topological polar surface area (TPSA) is 125 Å². The predicted octanol–water partition coefficient (Wildman–Crippen LogP) is 7.26. The van der Waals surface area contributed by atoms with E-state index in [1.165, 1.54) is 13.2 Å². The minimum atomic E-state index is -0.473. The molecule has 0 heterocycles. The van der Waals surface area contributed by atoms with Gasteiger partial charge in [-0.1, -0.05) is 13.0 Å². The molecule has 0 aliphatic rings. The lowest BCUT2D eigenvalue weighted by Gasteiger charge is -2.23. The van der Waals surface area contributed by atoms with Gasteiger partial charge in [-0.05, 0) is 67.8 Å². The monoisotopic (exact) mass is 490 g/mol. The molecule has 0 fully saturated rings. The highest BCUT2D eigenvalue weighted by Gasteiger charge is 2.14. The van der Waals surface area contributed by atoms with Crippen molar-refractivity contribution in [3.63, 3.8) is 0 Å². The molecule has 0 radical (unpaired) electrons. The maximum absolute atomic E-state index is 11.3.